The van der Waals surface area contributed by atoms with Crippen LogP contribution in [0, 0.1) is 0 Å². The summed E-state index contributed by atoms with van der Waals surface area (Å²) < 4.78 is 6.27. The van der Waals surface area contributed by atoms with Crippen molar-refractivity contribution in [3.8, 4) is 11.3 Å². The summed E-state index contributed by atoms with van der Waals surface area (Å²) >= 11 is 4.77. The van der Waals surface area contributed by atoms with Gasteiger partial charge in [0.2, 0.25) is 10.3 Å². The molecule has 1 fully saturated rings. The molecule has 1 aromatic carbocycles. The molecule has 4 rings (SSSR count). The van der Waals surface area contributed by atoms with E-state index < -0.39 is 0 Å². The van der Waals surface area contributed by atoms with Crippen molar-refractivity contribution in [3.63, 3.8) is 0 Å². The van der Waals surface area contributed by atoms with Crippen molar-refractivity contribution in [2.75, 3.05) is 16.8 Å². The normalized spacial score (nSPS) is 17.1. The Bertz CT molecular complexity index is 939. The number of piperidine rings is 1. The number of halogens is 1. The van der Waals surface area contributed by atoms with Gasteiger partial charge in [0.1, 0.15) is 0 Å². The predicted octanol–water partition coefficient (Wildman–Crippen LogP) is 4.59. The number of rotatable bonds is 4. The quantitative estimate of drug-likeness (QED) is 0.629. The minimum Gasteiger partial charge on any atom is -0.355 e. The summed E-state index contributed by atoms with van der Waals surface area (Å²) in [5, 5.41) is 16.2. The third-order valence-electron chi connectivity index (χ3n) is 4.56. The van der Waals surface area contributed by atoms with Gasteiger partial charge in [-0.2, -0.15) is 0 Å². The van der Waals surface area contributed by atoms with Crippen molar-refractivity contribution in [1.82, 2.24) is 15.4 Å². The summed E-state index contributed by atoms with van der Waals surface area (Å²) in [6, 6.07) is 9.66. The monoisotopic (exact) mass is 447 g/mol. The van der Waals surface area contributed by atoms with Crippen molar-refractivity contribution in [2.24, 2.45) is 0 Å². The Kier molecular flexibility index (Phi) is 5.22. The predicted molar refractivity (Wildman–Crippen MR) is 108 cm³/mol. The first-order valence-electron chi connectivity index (χ1n) is 8.74. The summed E-state index contributed by atoms with van der Waals surface area (Å²) in [6.45, 7) is 3.17. The molecule has 3 heterocycles. The highest BCUT2D eigenvalue weighted by atomic mass is 79.9. The number of carbonyl (C=O) groups is 1. The van der Waals surface area contributed by atoms with Gasteiger partial charge in [-0.15, -0.1) is 10.2 Å². The van der Waals surface area contributed by atoms with Crippen LogP contribution in [0.1, 0.15) is 36.7 Å². The topological polar surface area (TPSA) is 84.2 Å². The number of hydrogen-bond acceptors (Lipinski definition) is 7. The van der Waals surface area contributed by atoms with E-state index in [0.29, 0.717) is 16.9 Å². The number of amides is 1. The summed E-state index contributed by atoms with van der Waals surface area (Å²) in [4.78, 5) is 14.7. The molecule has 1 aliphatic rings. The van der Waals surface area contributed by atoms with Crippen LogP contribution in [0.2, 0.25) is 0 Å². The van der Waals surface area contributed by atoms with E-state index in [4.69, 9.17) is 4.52 Å². The van der Waals surface area contributed by atoms with E-state index in [1.54, 1.807) is 6.07 Å². The summed E-state index contributed by atoms with van der Waals surface area (Å²) in [6.07, 6.45) is 3.55. The van der Waals surface area contributed by atoms with Crippen LogP contribution in [0.4, 0.5) is 10.3 Å². The molecule has 0 saturated carbocycles. The van der Waals surface area contributed by atoms with E-state index in [0.717, 1.165) is 34.6 Å². The van der Waals surface area contributed by atoms with Crippen LogP contribution < -0.4 is 10.2 Å². The highest BCUT2D eigenvalue weighted by Gasteiger charge is 2.23. The lowest BCUT2D eigenvalue weighted by Crippen LogP contribution is -2.37. The van der Waals surface area contributed by atoms with Gasteiger partial charge in [-0.05, 0) is 38.3 Å². The van der Waals surface area contributed by atoms with Crippen LogP contribution in [0.5, 0.6) is 0 Å². The molecule has 7 nitrogen and oxygen atoms in total. The maximum absolute atomic E-state index is 12.4. The number of nitrogens with zero attached hydrogens (tertiary/aromatic N) is 4. The highest BCUT2D eigenvalue weighted by molar-refractivity contribution is 9.10. The number of anilines is 2. The zero-order valence-corrected chi connectivity index (χ0v) is 17.1. The third kappa shape index (κ3) is 4.03. The smallest absolute Gasteiger partial charge is 0.279 e. The van der Waals surface area contributed by atoms with Crippen molar-refractivity contribution >= 4 is 43.4 Å². The number of benzene rings is 1. The van der Waals surface area contributed by atoms with Crippen LogP contribution in [0.25, 0.3) is 11.3 Å². The molecule has 0 aliphatic carbocycles. The van der Waals surface area contributed by atoms with Crippen molar-refractivity contribution in [2.45, 2.75) is 32.2 Å². The van der Waals surface area contributed by atoms with Crippen LogP contribution in [0.15, 0.2) is 39.3 Å². The molecule has 27 heavy (non-hydrogen) atoms. The van der Waals surface area contributed by atoms with Gasteiger partial charge >= 0.3 is 0 Å². The number of carbonyl (C=O) groups excluding carboxylic acids is 1. The van der Waals surface area contributed by atoms with Crippen molar-refractivity contribution < 1.29 is 9.32 Å². The Balaban J connectivity index is 1.44. The van der Waals surface area contributed by atoms with Gasteiger partial charge < -0.3 is 9.42 Å². The molecule has 0 unspecified atom stereocenters. The van der Waals surface area contributed by atoms with E-state index >= 15 is 0 Å². The van der Waals surface area contributed by atoms with Crippen LogP contribution >= 0.6 is 27.3 Å². The second-order valence-corrected chi connectivity index (χ2v) is 8.34. The fraction of sp³-hybridized carbons (Fsp3) is 0.333. The van der Waals surface area contributed by atoms with Gasteiger partial charge in [-0.1, -0.05) is 44.6 Å². The minimum atomic E-state index is -0.364. The maximum atomic E-state index is 12.4. The molecule has 1 saturated heterocycles. The van der Waals surface area contributed by atoms with E-state index in [2.05, 4.69) is 48.4 Å². The van der Waals surface area contributed by atoms with E-state index in [-0.39, 0.29) is 11.6 Å². The molecule has 3 aromatic rings. The SMILES string of the molecule is C[C@H]1CCCCN1c1nnc(NC(=O)c2cc(-c3ccc(Br)cc3)on2)s1. The average Bonchev–Trinajstić information content (AvgIpc) is 3.33. The Morgan fingerprint density at radius 1 is 1.30 bits per heavy atom. The summed E-state index contributed by atoms with van der Waals surface area (Å²) in [5.41, 5.74) is 1.05. The van der Waals surface area contributed by atoms with Crippen LogP contribution in [-0.2, 0) is 0 Å². The molecule has 1 N–H and O–H groups in total. The number of aromatic nitrogens is 3. The molecule has 1 aliphatic heterocycles. The lowest BCUT2D eigenvalue weighted by Gasteiger charge is -2.32. The number of nitrogens with one attached hydrogen (secondary N) is 1. The maximum Gasteiger partial charge on any atom is 0.279 e. The standard InChI is InChI=1S/C18H18BrN5O2S/c1-11-4-2-3-9-24(11)18-22-21-17(27-18)20-16(25)14-10-15(26-23-14)12-5-7-13(19)8-6-12/h5-8,10-11H,2-4,9H2,1H3,(H,20,21,25)/t11-/m0/s1. The number of hydrogen-bond donors (Lipinski definition) is 1. The second-order valence-electron chi connectivity index (χ2n) is 6.47. The zero-order chi connectivity index (χ0) is 18.8. The highest BCUT2D eigenvalue weighted by Crippen LogP contribution is 2.30. The van der Waals surface area contributed by atoms with E-state index in [1.165, 1.54) is 17.8 Å². The molecule has 1 amide bonds. The molecule has 9 heteroatoms. The van der Waals surface area contributed by atoms with Gasteiger partial charge in [0.15, 0.2) is 11.5 Å². The van der Waals surface area contributed by atoms with E-state index in [9.17, 15) is 4.79 Å². The van der Waals surface area contributed by atoms with Crippen LogP contribution in [-0.4, -0.2) is 33.8 Å². The molecule has 0 bridgehead atoms. The largest absolute Gasteiger partial charge is 0.355 e. The van der Waals surface area contributed by atoms with Gasteiger partial charge in [0, 0.05) is 28.7 Å². The Morgan fingerprint density at radius 3 is 2.89 bits per heavy atom. The van der Waals surface area contributed by atoms with E-state index in [1.807, 2.05) is 24.3 Å². The van der Waals surface area contributed by atoms with Gasteiger partial charge in [-0.3, -0.25) is 10.1 Å². The molecule has 0 spiro atoms. The Morgan fingerprint density at radius 2 is 2.11 bits per heavy atom. The van der Waals surface area contributed by atoms with Gasteiger partial charge in [0.25, 0.3) is 5.91 Å². The fourth-order valence-corrected chi connectivity index (χ4v) is 4.19. The summed E-state index contributed by atoms with van der Waals surface area (Å²) in [7, 11) is 0. The average molecular weight is 448 g/mol. The molecule has 1 atom stereocenters. The third-order valence-corrected chi connectivity index (χ3v) is 5.96. The fourth-order valence-electron chi connectivity index (χ4n) is 3.06. The van der Waals surface area contributed by atoms with Gasteiger partial charge in [-0.25, -0.2) is 0 Å². The lowest BCUT2D eigenvalue weighted by molar-refractivity contribution is 0.101. The lowest BCUT2D eigenvalue weighted by atomic mass is 10.1. The summed E-state index contributed by atoms with van der Waals surface area (Å²) in [5.74, 6) is 0.171. The molecule has 0 radical (unpaired) electrons. The van der Waals surface area contributed by atoms with Crippen molar-refractivity contribution in [3.05, 3.63) is 40.5 Å². The first-order valence-corrected chi connectivity index (χ1v) is 10.4. The second kappa shape index (κ2) is 7.77. The molecular formula is C18H18BrN5O2S. The molecular weight excluding hydrogens is 430 g/mol. The zero-order valence-electron chi connectivity index (χ0n) is 14.7. The minimum absolute atomic E-state index is 0.205. The molecule has 2 aromatic heterocycles. The Hall–Kier alpha value is -2.26. The van der Waals surface area contributed by atoms with Crippen LogP contribution in [0.3, 0.4) is 0 Å². The van der Waals surface area contributed by atoms with Crippen molar-refractivity contribution in [1.29, 1.82) is 0 Å². The first-order chi connectivity index (χ1) is 13.1. The first kappa shape index (κ1) is 18.1. The molecule has 140 valence electrons. The Labute approximate surface area is 168 Å². The van der Waals surface area contributed by atoms with Gasteiger partial charge in [0.05, 0.1) is 0 Å².